The van der Waals surface area contributed by atoms with Crippen molar-refractivity contribution < 1.29 is 0 Å². The number of fused-ring (bicyclic) bond motifs is 8. The van der Waals surface area contributed by atoms with Crippen LogP contribution in [0.3, 0.4) is 0 Å². The van der Waals surface area contributed by atoms with E-state index in [0.29, 0.717) is 17.5 Å². The van der Waals surface area contributed by atoms with Crippen LogP contribution in [-0.2, 0) is 0 Å². The van der Waals surface area contributed by atoms with Crippen molar-refractivity contribution in [1.29, 1.82) is 0 Å². The first kappa shape index (κ1) is 37.1. The quantitative estimate of drug-likeness (QED) is 0.167. The highest BCUT2D eigenvalue weighted by atomic mass is 32.1. The fraction of sp³-hybridized carbons (Fsp3) is 0. The number of aromatic nitrogens is 4. The molecule has 0 saturated carbocycles. The van der Waals surface area contributed by atoms with E-state index in [4.69, 9.17) is 15.0 Å². The van der Waals surface area contributed by atoms with E-state index in [2.05, 4.69) is 173 Å². The zero-order chi connectivity index (χ0) is 42.8. The van der Waals surface area contributed by atoms with Crippen LogP contribution in [-0.4, -0.2) is 19.5 Å². The number of anilines is 3. The van der Waals surface area contributed by atoms with Crippen LogP contribution in [0.2, 0.25) is 0 Å². The highest BCUT2D eigenvalue weighted by Crippen LogP contribution is 2.47. The predicted molar refractivity (Wildman–Crippen MR) is 272 cm³/mol. The second-order valence-corrected chi connectivity index (χ2v) is 17.5. The molecule has 1 aliphatic heterocycles. The van der Waals surface area contributed by atoms with Crippen molar-refractivity contribution in [3.05, 3.63) is 223 Å². The molecule has 0 N–H and O–H groups in total. The minimum absolute atomic E-state index is 0.617. The van der Waals surface area contributed by atoms with Gasteiger partial charge in [0.1, 0.15) is 0 Å². The molecule has 304 valence electrons. The van der Waals surface area contributed by atoms with Gasteiger partial charge in [-0.3, -0.25) is 0 Å². The van der Waals surface area contributed by atoms with Crippen molar-refractivity contribution in [3.63, 3.8) is 0 Å². The number of thiophene rings is 1. The molecule has 13 rings (SSSR count). The molecule has 3 aromatic heterocycles. The number of rotatable bonds is 6. The predicted octanol–water partition coefficient (Wildman–Crippen LogP) is 16.0. The molecule has 0 atom stereocenters. The molecule has 0 radical (unpaired) electrons. The van der Waals surface area contributed by atoms with Crippen molar-refractivity contribution in [1.82, 2.24) is 19.5 Å². The molecule has 0 aliphatic carbocycles. The number of para-hydroxylation sites is 2. The smallest absolute Gasteiger partial charge is 0.164 e. The van der Waals surface area contributed by atoms with Gasteiger partial charge >= 0.3 is 0 Å². The second-order valence-electron chi connectivity index (χ2n) is 16.5. The van der Waals surface area contributed by atoms with Crippen LogP contribution in [0.4, 0.5) is 17.1 Å². The lowest BCUT2D eigenvalue weighted by atomic mass is 9.99. The number of benzene rings is 9. The van der Waals surface area contributed by atoms with Gasteiger partial charge in [-0.25, -0.2) is 15.0 Å². The Morgan fingerprint density at radius 1 is 0.323 bits per heavy atom. The summed E-state index contributed by atoms with van der Waals surface area (Å²) in [6, 6.07) is 75.5. The summed E-state index contributed by atoms with van der Waals surface area (Å²) in [7, 11) is 0. The molecular formula is C59H37N5S. The Kier molecular flexibility index (Phi) is 8.64. The Balaban J connectivity index is 0.982. The van der Waals surface area contributed by atoms with E-state index in [9.17, 15) is 0 Å². The van der Waals surface area contributed by atoms with Crippen LogP contribution >= 0.6 is 11.3 Å². The number of hydrogen-bond donors (Lipinski definition) is 0. The molecule has 0 spiro atoms. The highest BCUT2D eigenvalue weighted by molar-refractivity contribution is 7.25. The summed E-state index contributed by atoms with van der Waals surface area (Å²) >= 11 is 1.85. The Morgan fingerprint density at radius 2 is 0.892 bits per heavy atom. The van der Waals surface area contributed by atoms with Crippen LogP contribution in [0, 0.1) is 0 Å². The van der Waals surface area contributed by atoms with Crippen LogP contribution in [0.5, 0.6) is 0 Å². The Hall–Kier alpha value is -8.45. The second kappa shape index (κ2) is 15.1. The zero-order valence-electron chi connectivity index (χ0n) is 35.0. The standard InChI is InChI=1S/C59H37N5S/c1-4-15-38(16-5-1)57-60-58(39-17-6-2-7-18-39)62-59(61-57)44-19-14-22-46(34-44)64-51-31-29-40(33-42(51)27-28-43-36-56-50(37-54(43)64)48-24-11-13-26-55(48)65-56)41-30-32-53-49(35-41)47-23-10-12-25-52(47)63(53)45-20-8-3-9-21-45/h1-37H. The van der Waals surface area contributed by atoms with Gasteiger partial charge in [0, 0.05) is 59.0 Å². The third-order valence-corrected chi connectivity index (χ3v) is 13.7. The maximum Gasteiger partial charge on any atom is 0.164 e. The third kappa shape index (κ3) is 6.34. The number of hydrogen-bond acceptors (Lipinski definition) is 5. The first-order valence-corrected chi connectivity index (χ1v) is 22.7. The molecule has 0 bridgehead atoms. The lowest BCUT2D eigenvalue weighted by molar-refractivity contribution is 1.07. The molecule has 0 unspecified atom stereocenters. The summed E-state index contributed by atoms with van der Waals surface area (Å²) in [4.78, 5) is 17.6. The van der Waals surface area contributed by atoms with Gasteiger partial charge in [0.2, 0.25) is 0 Å². The first-order valence-electron chi connectivity index (χ1n) is 21.8. The maximum atomic E-state index is 5.11. The molecule has 0 amide bonds. The third-order valence-electron chi connectivity index (χ3n) is 12.6. The summed E-state index contributed by atoms with van der Waals surface area (Å²) in [6.07, 6.45) is 4.57. The van der Waals surface area contributed by atoms with Gasteiger partial charge in [0.05, 0.1) is 22.4 Å². The van der Waals surface area contributed by atoms with E-state index >= 15 is 0 Å². The summed E-state index contributed by atoms with van der Waals surface area (Å²) in [6.45, 7) is 0. The molecule has 0 fully saturated rings. The van der Waals surface area contributed by atoms with Gasteiger partial charge in [-0.05, 0) is 95.1 Å². The molecule has 9 aromatic carbocycles. The fourth-order valence-corrected chi connectivity index (χ4v) is 10.6. The van der Waals surface area contributed by atoms with Crippen molar-refractivity contribution in [2.75, 3.05) is 4.90 Å². The normalized spacial score (nSPS) is 12.2. The van der Waals surface area contributed by atoms with Crippen molar-refractivity contribution in [2.45, 2.75) is 0 Å². The molecule has 12 aromatic rings. The summed E-state index contributed by atoms with van der Waals surface area (Å²) < 4.78 is 4.92. The molecule has 1 aliphatic rings. The lowest BCUT2D eigenvalue weighted by Crippen LogP contribution is -2.12. The Morgan fingerprint density at radius 3 is 1.65 bits per heavy atom. The highest BCUT2D eigenvalue weighted by Gasteiger charge is 2.24. The van der Waals surface area contributed by atoms with E-state index in [1.807, 2.05) is 72.0 Å². The SMILES string of the molecule is C1=Cc2cc3sc4ccccc4c3cc2N(c2cccc(-c3nc(-c4ccccc4)nc(-c4ccccc4)n3)c2)c2ccc(-c3ccc4c(c3)c3ccccc3n4-c3ccccc3)cc21. The molecule has 4 heterocycles. The van der Waals surface area contributed by atoms with Crippen LogP contribution in [0.1, 0.15) is 11.1 Å². The summed E-state index contributed by atoms with van der Waals surface area (Å²) in [5, 5.41) is 4.99. The Bertz CT molecular complexity index is 3780. The first-order chi connectivity index (χ1) is 32.2. The average molecular weight is 848 g/mol. The van der Waals surface area contributed by atoms with Crippen molar-refractivity contribution in [2.24, 2.45) is 0 Å². The van der Waals surface area contributed by atoms with E-state index in [1.165, 1.54) is 47.5 Å². The Labute approximate surface area is 379 Å². The zero-order valence-corrected chi connectivity index (χ0v) is 35.8. The van der Waals surface area contributed by atoms with E-state index in [1.54, 1.807) is 0 Å². The van der Waals surface area contributed by atoms with E-state index in [0.717, 1.165) is 56.1 Å². The monoisotopic (exact) mass is 847 g/mol. The van der Waals surface area contributed by atoms with E-state index in [-0.39, 0.29) is 0 Å². The molecular weight excluding hydrogens is 811 g/mol. The van der Waals surface area contributed by atoms with Crippen LogP contribution < -0.4 is 4.90 Å². The van der Waals surface area contributed by atoms with Gasteiger partial charge in [0.15, 0.2) is 17.5 Å². The van der Waals surface area contributed by atoms with Crippen molar-refractivity contribution >= 4 is 82.5 Å². The molecule has 6 heteroatoms. The lowest BCUT2D eigenvalue weighted by Gasteiger charge is -2.28. The fourth-order valence-electron chi connectivity index (χ4n) is 9.49. The summed E-state index contributed by atoms with van der Waals surface area (Å²) in [5.41, 5.74) is 14.1. The van der Waals surface area contributed by atoms with Crippen LogP contribution in [0.25, 0.3) is 105 Å². The van der Waals surface area contributed by atoms with Crippen LogP contribution in [0.15, 0.2) is 212 Å². The average Bonchev–Trinajstić information content (AvgIpc) is 3.86. The van der Waals surface area contributed by atoms with Crippen molar-refractivity contribution in [3.8, 4) is 51.0 Å². The maximum absolute atomic E-state index is 5.11. The largest absolute Gasteiger partial charge is 0.309 e. The van der Waals surface area contributed by atoms with Gasteiger partial charge in [-0.2, -0.15) is 0 Å². The number of nitrogens with zero attached hydrogens (tertiary/aromatic N) is 5. The van der Waals surface area contributed by atoms with Gasteiger partial charge < -0.3 is 9.47 Å². The summed E-state index contributed by atoms with van der Waals surface area (Å²) in [5.74, 6) is 1.89. The molecule has 0 saturated heterocycles. The molecule has 5 nitrogen and oxygen atoms in total. The minimum atomic E-state index is 0.617. The van der Waals surface area contributed by atoms with Gasteiger partial charge in [-0.1, -0.05) is 152 Å². The molecule has 65 heavy (non-hydrogen) atoms. The minimum Gasteiger partial charge on any atom is -0.309 e. The van der Waals surface area contributed by atoms with E-state index < -0.39 is 0 Å². The topological polar surface area (TPSA) is 46.8 Å². The van der Waals surface area contributed by atoms with Gasteiger partial charge in [0.25, 0.3) is 0 Å². The van der Waals surface area contributed by atoms with Gasteiger partial charge in [-0.15, -0.1) is 11.3 Å².